The topological polar surface area (TPSA) is 151 Å². The monoisotopic (exact) mass is 372 g/mol. The maximum Gasteiger partial charge on any atom is 0.270 e. The zero-order chi connectivity index (χ0) is 20.0. The molecule has 0 aliphatic heterocycles. The van der Waals surface area contributed by atoms with Crippen LogP contribution in [0.1, 0.15) is 18.1 Å². The molecule has 2 aromatic rings. The number of phenols is 2. The first kappa shape index (κ1) is 19.5. The molecule has 0 fully saturated rings. The molecule has 0 saturated heterocycles. The number of non-ortho nitro benzene ring substituents is 2. The lowest BCUT2D eigenvalue weighted by Crippen LogP contribution is -2.04. The van der Waals surface area contributed by atoms with Crippen LogP contribution in [-0.2, 0) is 0 Å². The normalized spacial score (nSPS) is 12.5. The molecule has 2 aromatic carbocycles. The molecule has 2 N–H and O–H groups in total. The number of aromatic hydroxyl groups is 2. The van der Waals surface area contributed by atoms with E-state index >= 15 is 0 Å². The van der Waals surface area contributed by atoms with Crippen molar-refractivity contribution in [2.45, 2.75) is 13.0 Å². The Balaban J connectivity index is 2.05. The van der Waals surface area contributed by atoms with Crippen molar-refractivity contribution in [3.8, 4) is 11.5 Å². The van der Waals surface area contributed by atoms with Crippen molar-refractivity contribution in [3.63, 3.8) is 0 Å². The SMILES string of the molecule is CC(CN=Cc1cc([N+](=O)[O-])ccc1O)N=Cc1cc([N+](=O)[O-])ccc1O. The summed E-state index contributed by atoms with van der Waals surface area (Å²) in [6.45, 7) is 1.93. The highest BCUT2D eigenvalue weighted by Crippen LogP contribution is 2.22. The van der Waals surface area contributed by atoms with Gasteiger partial charge in [-0.1, -0.05) is 0 Å². The van der Waals surface area contributed by atoms with E-state index in [4.69, 9.17) is 0 Å². The van der Waals surface area contributed by atoms with Gasteiger partial charge in [0.2, 0.25) is 0 Å². The van der Waals surface area contributed by atoms with Gasteiger partial charge in [0.15, 0.2) is 0 Å². The molecule has 140 valence electrons. The molecule has 0 saturated carbocycles. The number of nitro groups is 2. The van der Waals surface area contributed by atoms with E-state index in [-0.39, 0.29) is 46.6 Å². The second-order valence-electron chi connectivity index (χ2n) is 5.62. The first-order chi connectivity index (χ1) is 12.8. The van der Waals surface area contributed by atoms with Crippen LogP contribution in [0.2, 0.25) is 0 Å². The average molecular weight is 372 g/mol. The lowest BCUT2D eigenvalue weighted by atomic mass is 10.2. The van der Waals surface area contributed by atoms with Gasteiger partial charge in [-0.15, -0.1) is 0 Å². The lowest BCUT2D eigenvalue weighted by molar-refractivity contribution is -0.385. The molecule has 0 heterocycles. The number of rotatable bonds is 7. The van der Waals surface area contributed by atoms with Crippen LogP contribution in [0, 0.1) is 20.2 Å². The van der Waals surface area contributed by atoms with Crippen LogP contribution < -0.4 is 0 Å². The minimum Gasteiger partial charge on any atom is -0.507 e. The molecule has 0 radical (unpaired) electrons. The number of hydrogen-bond donors (Lipinski definition) is 2. The molecule has 1 unspecified atom stereocenters. The van der Waals surface area contributed by atoms with Crippen molar-refractivity contribution >= 4 is 23.8 Å². The second-order valence-corrected chi connectivity index (χ2v) is 5.62. The molecule has 27 heavy (non-hydrogen) atoms. The van der Waals surface area contributed by atoms with Gasteiger partial charge in [-0.2, -0.15) is 0 Å². The molecular formula is C17H16N4O6. The summed E-state index contributed by atoms with van der Waals surface area (Å²) in [6, 6.07) is 6.88. The Morgan fingerprint density at radius 1 is 0.963 bits per heavy atom. The molecular weight excluding hydrogens is 356 g/mol. The van der Waals surface area contributed by atoms with Crippen molar-refractivity contribution in [2.75, 3.05) is 6.54 Å². The van der Waals surface area contributed by atoms with Crippen molar-refractivity contribution in [1.29, 1.82) is 0 Å². The largest absolute Gasteiger partial charge is 0.507 e. The Kier molecular flexibility index (Phi) is 6.15. The van der Waals surface area contributed by atoms with E-state index in [9.17, 15) is 30.4 Å². The Labute approximate surface area is 153 Å². The summed E-state index contributed by atoms with van der Waals surface area (Å²) in [5, 5.41) is 41.0. The maximum atomic E-state index is 10.8. The smallest absolute Gasteiger partial charge is 0.270 e. The van der Waals surface area contributed by atoms with Crippen LogP contribution >= 0.6 is 0 Å². The van der Waals surface area contributed by atoms with E-state index in [2.05, 4.69) is 9.98 Å². The summed E-state index contributed by atoms with van der Waals surface area (Å²) < 4.78 is 0. The number of aliphatic imine (C=N–C) groups is 2. The number of nitro benzene ring substituents is 2. The number of phenolic OH excluding ortho intramolecular Hbond substituents is 2. The molecule has 0 aromatic heterocycles. The van der Waals surface area contributed by atoms with Gasteiger partial charge < -0.3 is 10.2 Å². The zero-order valence-electron chi connectivity index (χ0n) is 14.2. The maximum absolute atomic E-state index is 10.8. The Morgan fingerprint density at radius 2 is 1.44 bits per heavy atom. The third-order valence-corrected chi connectivity index (χ3v) is 3.51. The van der Waals surface area contributed by atoms with Crippen LogP contribution in [0.5, 0.6) is 11.5 Å². The molecule has 0 aliphatic rings. The van der Waals surface area contributed by atoms with E-state index in [0.717, 1.165) is 0 Å². The minimum atomic E-state index is -0.574. The fourth-order valence-corrected chi connectivity index (χ4v) is 2.08. The third-order valence-electron chi connectivity index (χ3n) is 3.51. The second kappa shape index (κ2) is 8.52. The van der Waals surface area contributed by atoms with Crippen LogP contribution in [0.3, 0.4) is 0 Å². The molecule has 0 bridgehead atoms. The number of nitrogens with zero attached hydrogens (tertiary/aromatic N) is 4. The predicted octanol–water partition coefficient (Wildman–Crippen LogP) is 2.84. The van der Waals surface area contributed by atoms with Gasteiger partial charge in [-0.05, 0) is 19.1 Å². The average Bonchev–Trinajstić information content (AvgIpc) is 2.62. The first-order valence-electron chi connectivity index (χ1n) is 7.75. The Bertz CT molecular complexity index is 926. The van der Waals surface area contributed by atoms with Crippen molar-refractivity contribution in [1.82, 2.24) is 0 Å². The highest BCUT2D eigenvalue weighted by molar-refractivity contribution is 5.85. The van der Waals surface area contributed by atoms with Gasteiger partial charge in [0.05, 0.1) is 22.4 Å². The number of hydrogen-bond acceptors (Lipinski definition) is 8. The van der Waals surface area contributed by atoms with E-state index < -0.39 is 9.85 Å². The van der Waals surface area contributed by atoms with Crippen LogP contribution in [0.15, 0.2) is 46.4 Å². The quantitative estimate of drug-likeness (QED) is 0.433. The molecule has 10 heteroatoms. The van der Waals surface area contributed by atoms with E-state index in [1.165, 1.54) is 48.8 Å². The standard InChI is InChI=1S/C17H16N4O6/c1-11(19-10-13-7-15(21(26)27)3-5-17(13)23)8-18-9-12-6-14(20(24)25)2-4-16(12)22/h2-7,9-11,22-23H,8H2,1H3. The Morgan fingerprint density at radius 3 is 1.93 bits per heavy atom. The summed E-state index contributed by atoms with van der Waals surface area (Å²) in [6.07, 6.45) is 2.62. The summed E-state index contributed by atoms with van der Waals surface area (Å²) in [5.41, 5.74) is 0.0793. The van der Waals surface area contributed by atoms with Gasteiger partial charge >= 0.3 is 0 Å². The molecule has 0 spiro atoms. The molecule has 0 amide bonds. The van der Waals surface area contributed by atoms with Gasteiger partial charge in [0.25, 0.3) is 11.4 Å². The van der Waals surface area contributed by atoms with Crippen LogP contribution in [0.25, 0.3) is 0 Å². The van der Waals surface area contributed by atoms with Crippen molar-refractivity contribution in [2.24, 2.45) is 9.98 Å². The summed E-state index contributed by atoms with van der Waals surface area (Å²) in [7, 11) is 0. The van der Waals surface area contributed by atoms with Gasteiger partial charge in [-0.25, -0.2) is 0 Å². The van der Waals surface area contributed by atoms with Gasteiger partial charge in [0, 0.05) is 47.8 Å². The summed E-state index contributed by atoms with van der Waals surface area (Å²) in [4.78, 5) is 28.6. The zero-order valence-corrected chi connectivity index (χ0v) is 14.2. The van der Waals surface area contributed by atoms with Crippen molar-refractivity contribution < 1.29 is 20.1 Å². The molecule has 0 aliphatic carbocycles. The highest BCUT2D eigenvalue weighted by Gasteiger charge is 2.10. The van der Waals surface area contributed by atoms with Crippen LogP contribution in [0.4, 0.5) is 11.4 Å². The minimum absolute atomic E-state index is 0.137. The fourth-order valence-electron chi connectivity index (χ4n) is 2.08. The summed E-state index contributed by atoms with van der Waals surface area (Å²) >= 11 is 0. The van der Waals surface area contributed by atoms with E-state index in [1.54, 1.807) is 6.92 Å². The van der Waals surface area contributed by atoms with E-state index in [1.807, 2.05) is 0 Å². The van der Waals surface area contributed by atoms with Crippen LogP contribution in [-0.4, -0.2) is 45.1 Å². The van der Waals surface area contributed by atoms with Gasteiger partial charge in [0.1, 0.15) is 11.5 Å². The molecule has 10 nitrogen and oxygen atoms in total. The molecule has 2 rings (SSSR count). The summed E-state index contributed by atoms with van der Waals surface area (Å²) in [5.74, 6) is -0.274. The first-order valence-corrected chi connectivity index (χ1v) is 7.75. The third kappa shape index (κ3) is 5.33. The number of benzene rings is 2. The van der Waals surface area contributed by atoms with Crippen molar-refractivity contribution in [3.05, 3.63) is 67.8 Å². The van der Waals surface area contributed by atoms with Gasteiger partial charge in [-0.3, -0.25) is 30.2 Å². The highest BCUT2D eigenvalue weighted by atomic mass is 16.6. The lowest BCUT2D eigenvalue weighted by Gasteiger charge is -2.03. The fraction of sp³-hybridized carbons (Fsp3) is 0.176. The molecule has 1 atom stereocenters. The van der Waals surface area contributed by atoms with E-state index in [0.29, 0.717) is 0 Å². The Hall–Kier alpha value is -3.82. The predicted molar refractivity (Wildman–Crippen MR) is 99.0 cm³/mol.